The first kappa shape index (κ1) is 14.6. The largest absolute Gasteiger partial charge is 0.507 e. The van der Waals surface area contributed by atoms with Gasteiger partial charge in [-0.3, -0.25) is 0 Å². The van der Waals surface area contributed by atoms with Crippen LogP contribution in [0.4, 0.5) is 0 Å². The molecule has 2 aromatic carbocycles. The smallest absolute Gasteiger partial charge is 0.142 e. The zero-order chi connectivity index (χ0) is 13.3. The highest BCUT2D eigenvalue weighted by Crippen LogP contribution is 2.29. The molecule has 18 heavy (non-hydrogen) atoms. The van der Waals surface area contributed by atoms with Gasteiger partial charge in [0.1, 0.15) is 11.5 Å². The van der Waals surface area contributed by atoms with Gasteiger partial charge in [-0.1, -0.05) is 6.07 Å². The molecule has 2 nitrogen and oxygen atoms in total. The average Bonchev–Trinajstić information content (AvgIpc) is 2.31. The summed E-state index contributed by atoms with van der Waals surface area (Å²) in [6.07, 6.45) is 0.794. The molecule has 0 heterocycles. The first-order valence-electron chi connectivity index (χ1n) is 5.11. The van der Waals surface area contributed by atoms with E-state index in [2.05, 4.69) is 67.8 Å². The van der Waals surface area contributed by atoms with Crippen molar-refractivity contribution in [3.8, 4) is 11.5 Å². The zero-order valence-electron chi connectivity index (χ0n) is 9.12. The van der Waals surface area contributed by atoms with E-state index in [0.717, 1.165) is 28.3 Å². The van der Waals surface area contributed by atoms with Gasteiger partial charge in [0.2, 0.25) is 0 Å². The molecule has 0 radical (unpaired) electrons. The number of hydrogen-bond donors (Lipinski definition) is 2. The summed E-state index contributed by atoms with van der Waals surface area (Å²) >= 11 is 6.39. The van der Waals surface area contributed by atoms with E-state index >= 15 is 0 Å². The van der Waals surface area contributed by atoms with Crippen molar-refractivity contribution in [1.29, 1.82) is 0 Å². The second-order valence-electron chi connectivity index (χ2n) is 3.87. The van der Waals surface area contributed by atoms with Crippen molar-refractivity contribution in [2.75, 3.05) is 0 Å². The highest BCUT2D eigenvalue weighted by Gasteiger charge is 2.07. The van der Waals surface area contributed by atoms with Crippen molar-refractivity contribution < 1.29 is 10.2 Å². The molecule has 0 fully saturated rings. The summed E-state index contributed by atoms with van der Waals surface area (Å²) in [6, 6.07) is 9.58. The molecule has 94 valence electrons. The SMILES string of the molecule is Oc1ccc(Cc2cc(I)c(O)c(I)c2)cc1I. The fourth-order valence-corrected chi connectivity index (χ4v) is 4.09. The van der Waals surface area contributed by atoms with Crippen LogP contribution in [0.1, 0.15) is 11.1 Å². The van der Waals surface area contributed by atoms with Crippen molar-refractivity contribution >= 4 is 67.8 Å². The number of phenols is 2. The standard InChI is InChI=1S/C13H9I3O2/c14-9-4-7(1-2-12(9)17)3-8-5-10(15)13(18)11(16)6-8/h1-2,4-6,17-18H,3H2. The van der Waals surface area contributed by atoms with Gasteiger partial charge in [0, 0.05) is 0 Å². The van der Waals surface area contributed by atoms with Crippen LogP contribution in [0.3, 0.4) is 0 Å². The Hall–Kier alpha value is 0.230. The molecule has 0 bridgehead atoms. The molecule has 0 atom stereocenters. The topological polar surface area (TPSA) is 40.5 Å². The normalized spacial score (nSPS) is 10.6. The van der Waals surface area contributed by atoms with Crippen LogP contribution in [0.2, 0.25) is 0 Å². The third-order valence-electron chi connectivity index (χ3n) is 2.50. The predicted molar refractivity (Wildman–Crippen MR) is 97.2 cm³/mol. The van der Waals surface area contributed by atoms with Gasteiger partial charge >= 0.3 is 0 Å². The van der Waals surface area contributed by atoms with Crippen LogP contribution in [0.15, 0.2) is 30.3 Å². The number of rotatable bonds is 2. The highest BCUT2D eigenvalue weighted by atomic mass is 127. The molecule has 0 amide bonds. The minimum Gasteiger partial charge on any atom is -0.507 e. The van der Waals surface area contributed by atoms with Crippen molar-refractivity contribution in [3.05, 3.63) is 52.2 Å². The lowest BCUT2D eigenvalue weighted by Crippen LogP contribution is -1.92. The second-order valence-corrected chi connectivity index (χ2v) is 7.36. The summed E-state index contributed by atoms with van der Waals surface area (Å²) in [5.41, 5.74) is 2.30. The number of halogens is 3. The maximum atomic E-state index is 9.73. The maximum Gasteiger partial charge on any atom is 0.142 e. The van der Waals surface area contributed by atoms with Crippen LogP contribution < -0.4 is 0 Å². The minimum absolute atomic E-state index is 0.314. The first-order chi connectivity index (χ1) is 8.47. The minimum atomic E-state index is 0.314. The summed E-state index contributed by atoms with van der Waals surface area (Å²) in [6.45, 7) is 0. The van der Waals surface area contributed by atoms with E-state index < -0.39 is 0 Å². The van der Waals surface area contributed by atoms with Crippen LogP contribution in [0, 0.1) is 10.7 Å². The summed E-state index contributed by atoms with van der Waals surface area (Å²) < 4.78 is 2.58. The molecule has 0 aliphatic heterocycles. The number of phenolic OH excluding ortho intramolecular Hbond substituents is 2. The van der Waals surface area contributed by atoms with E-state index in [1.54, 1.807) is 6.07 Å². The Morgan fingerprint density at radius 1 is 0.778 bits per heavy atom. The third kappa shape index (κ3) is 3.41. The van der Waals surface area contributed by atoms with Crippen LogP contribution >= 0.6 is 67.8 Å². The monoisotopic (exact) mass is 578 g/mol. The Morgan fingerprint density at radius 2 is 1.33 bits per heavy atom. The van der Waals surface area contributed by atoms with Crippen molar-refractivity contribution in [2.45, 2.75) is 6.42 Å². The maximum absolute atomic E-state index is 9.73. The van der Waals surface area contributed by atoms with Crippen LogP contribution in [-0.4, -0.2) is 10.2 Å². The Kier molecular flexibility index (Phi) is 4.98. The molecule has 2 N–H and O–H groups in total. The third-order valence-corrected chi connectivity index (χ3v) is 5.01. The molecular formula is C13H9I3O2. The molecule has 0 aromatic heterocycles. The predicted octanol–water partition coefficient (Wildman–Crippen LogP) is 4.50. The lowest BCUT2D eigenvalue weighted by Gasteiger charge is -2.07. The lowest BCUT2D eigenvalue weighted by molar-refractivity contribution is 0.467. The van der Waals surface area contributed by atoms with Gasteiger partial charge in [-0.05, 0) is 110 Å². The van der Waals surface area contributed by atoms with E-state index in [1.165, 1.54) is 0 Å². The number of benzene rings is 2. The Bertz CT molecular complexity index is 574. The van der Waals surface area contributed by atoms with Gasteiger partial charge in [-0.2, -0.15) is 0 Å². The highest BCUT2D eigenvalue weighted by molar-refractivity contribution is 14.1. The van der Waals surface area contributed by atoms with E-state index in [1.807, 2.05) is 24.3 Å². The van der Waals surface area contributed by atoms with E-state index in [0.29, 0.717) is 11.5 Å². The van der Waals surface area contributed by atoms with Crippen molar-refractivity contribution in [1.82, 2.24) is 0 Å². The molecule has 0 aliphatic rings. The fourth-order valence-electron chi connectivity index (χ4n) is 1.62. The van der Waals surface area contributed by atoms with E-state index in [4.69, 9.17) is 0 Å². The zero-order valence-corrected chi connectivity index (χ0v) is 15.6. The van der Waals surface area contributed by atoms with Crippen molar-refractivity contribution in [3.63, 3.8) is 0 Å². The van der Waals surface area contributed by atoms with Gasteiger partial charge in [0.05, 0.1) is 10.7 Å². The fraction of sp³-hybridized carbons (Fsp3) is 0.0769. The molecule has 0 saturated carbocycles. The van der Waals surface area contributed by atoms with Gasteiger partial charge in [-0.25, -0.2) is 0 Å². The lowest BCUT2D eigenvalue weighted by atomic mass is 10.0. The summed E-state index contributed by atoms with van der Waals surface area (Å²) in [5, 5.41) is 19.2. The summed E-state index contributed by atoms with van der Waals surface area (Å²) in [5.74, 6) is 0.662. The molecular weight excluding hydrogens is 569 g/mol. The second kappa shape index (κ2) is 6.12. The molecule has 2 aromatic rings. The first-order valence-corrected chi connectivity index (χ1v) is 8.35. The molecule has 5 heteroatoms. The number of hydrogen-bond acceptors (Lipinski definition) is 2. The summed E-state index contributed by atoms with van der Waals surface area (Å²) in [7, 11) is 0. The Balaban J connectivity index is 2.31. The Labute approximate surface area is 146 Å². The number of aromatic hydroxyl groups is 2. The van der Waals surface area contributed by atoms with Gasteiger partial charge in [-0.15, -0.1) is 0 Å². The molecule has 0 aliphatic carbocycles. The van der Waals surface area contributed by atoms with Crippen molar-refractivity contribution in [2.24, 2.45) is 0 Å². The quantitative estimate of drug-likeness (QED) is 0.516. The molecule has 2 rings (SSSR count). The van der Waals surface area contributed by atoms with Gasteiger partial charge < -0.3 is 10.2 Å². The van der Waals surface area contributed by atoms with E-state index in [-0.39, 0.29) is 0 Å². The van der Waals surface area contributed by atoms with E-state index in [9.17, 15) is 10.2 Å². The molecule has 0 spiro atoms. The molecule has 0 saturated heterocycles. The van der Waals surface area contributed by atoms with Crippen LogP contribution in [0.25, 0.3) is 0 Å². The van der Waals surface area contributed by atoms with Crippen LogP contribution in [-0.2, 0) is 6.42 Å². The van der Waals surface area contributed by atoms with Gasteiger partial charge in [0.15, 0.2) is 0 Å². The van der Waals surface area contributed by atoms with Gasteiger partial charge in [0.25, 0.3) is 0 Å². The average molecular weight is 578 g/mol. The summed E-state index contributed by atoms with van der Waals surface area (Å²) in [4.78, 5) is 0. The van der Waals surface area contributed by atoms with Crippen LogP contribution in [0.5, 0.6) is 11.5 Å². The molecule has 0 unspecified atom stereocenters. The Morgan fingerprint density at radius 3 is 1.89 bits per heavy atom.